The van der Waals surface area contributed by atoms with Gasteiger partial charge in [-0.25, -0.2) is 17.6 Å². The van der Waals surface area contributed by atoms with Crippen molar-refractivity contribution >= 4 is 33.4 Å². The first-order valence-corrected chi connectivity index (χ1v) is 5.01. The maximum Gasteiger partial charge on any atom is 0.195 e. The summed E-state index contributed by atoms with van der Waals surface area (Å²) < 4.78 is 52.6. The molecule has 15 heavy (non-hydrogen) atoms. The Labute approximate surface area is 96.0 Å². The first kappa shape index (κ1) is 10.7. The number of halogens is 5. The summed E-state index contributed by atoms with van der Waals surface area (Å²) in [6, 6.07) is 3.22. The molecule has 2 rings (SSSR count). The molecule has 0 aliphatic carbocycles. The fourth-order valence-electron chi connectivity index (χ4n) is 1.35. The average molecular weight is 326 g/mol. The smallest absolute Gasteiger partial charge is 0.195 e. The Kier molecular flexibility index (Phi) is 2.57. The molecule has 0 aliphatic rings. The third-order valence-electron chi connectivity index (χ3n) is 1.99. The molecular weight excluding hydrogens is 323 g/mol. The minimum Gasteiger partial charge on any atom is -0.206 e. The second-order valence-corrected chi connectivity index (χ2v) is 4.22. The van der Waals surface area contributed by atoms with Crippen molar-refractivity contribution in [3.63, 3.8) is 0 Å². The fraction of sp³-hybridized carbons (Fsp3) is 0. The van der Waals surface area contributed by atoms with E-state index in [1.54, 1.807) is 22.6 Å². The van der Waals surface area contributed by atoms with Gasteiger partial charge >= 0.3 is 0 Å². The van der Waals surface area contributed by atoms with E-state index in [1.807, 2.05) is 0 Å². The van der Waals surface area contributed by atoms with Crippen molar-refractivity contribution < 1.29 is 17.6 Å². The Morgan fingerprint density at radius 1 is 0.800 bits per heavy atom. The van der Waals surface area contributed by atoms with Crippen molar-refractivity contribution in [2.24, 2.45) is 0 Å². The van der Waals surface area contributed by atoms with Crippen LogP contribution in [-0.2, 0) is 0 Å². The topological polar surface area (TPSA) is 0 Å². The van der Waals surface area contributed by atoms with Crippen molar-refractivity contribution in [3.8, 4) is 0 Å². The van der Waals surface area contributed by atoms with E-state index in [1.165, 1.54) is 6.07 Å². The molecule has 0 saturated carbocycles. The maximum atomic E-state index is 13.3. The lowest BCUT2D eigenvalue weighted by Crippen LogP contribution is -1.95. The molecule has 0 amide bonds. The standard InChI is InChI=1S/C10H3F4I/c11-6-3-5(15)1-4-2-7(12)9(13)10(14)8(4)6/h1-3H. The lowest BCUT2D eigenvalue weighted by Gasteiger charge is -2.04. The molecule has 0 saturated heterocycles. The van der Waals surface area contributed by atoms with Crippen LogP contribution in [0.1, 0.15) is 0 Å². The lowest BCUT2D eigenvalue weighted by atomic mass is 10.1. The predicted octanol–water partition coefficient (Wildman–Crippen LogP) is 4.00. The molecular formula is C10H3F4I. The van der Waals surface area contributed by atoms with Gasteiger partial charge in [-0.05, 0) is 46.2 Å². The quantitative estimate of drug-likeness (QED) is 0.390. The van der Waals surface area contributed by atoms with Crippen LogP contribution in [0, 0.1) is 26.8 Å². The summed E-state index contributed by atoms with van der Waals surface area (Å²) in [6.07, 6.45) is 0. The molecule has 0 N–H and O–H groups in total. The Balaban J connectivity index is 2.99. The molecule has 0 atom stereocenters. The van der Waals surface area contributed by atoms with Crippen LogP contribution >= 0.6 is 22.6 Å². The highest BCUT2D eigenvalue weighted by atomic mass is 127. The zero-order valence-electron chi connectivity index (χ0n) is 7.12. The van der Waals surface area contributed by atoms with Crippen molar-refractivity contribution in [1.82, 2.24) is 0 Å². The molecule has 0 bridgehead atoms. The molecule has 0 radical (unpaired) electrons. The van der Waals surface area contributed by atoms with Gasteiger partial charge in [-0.15, -0.1) is 0 Å². The van der Waals surface area contributed by atoms with Crippen molar-refractivity contribution in [1.29, 1.82) is 0 Å². The van der Waals surface area contributed by atoms with Gasteiger partial charge in [-0.2, -0.15) is 0 Å². The van der Waals surface area contributed by atoms with Crippen LogP contribution in [0.15, 0.2) is 18.2 Å². The predicted molar refractivity (Wildman–Crippen MR) is 56.5 cm³/mol. The molecule has 0 heterocycles. The second kappa shape index (κ2) is 3.62. The van der Waals surface area contributed by atoms with Crippen LogP contribution in [0.3, 0.4) is 0 Å². The van der Waals surface area contributed by atoms with Gasteiger partial charge in [0.2, 0.25) is 0 Å². The Hall–Kier alpha value is -0.850. The zero-order chi connectivity index (χ0) is 11.2. The van der Waals surface area contributed by atoms with E-state index in [2.05, 4.69) is 0 Å². The number of fused-ring (bicyclic) bond motifs is 1. The minimum atomic E-state index is -1.65. The highest BCUT2D eigenvalue weighted by Crippen LogP contribution is 2.27. The first-order valence-electron chi connectivity index (χ1n) is 3.93. The summed E-state index contributed by atoms with van der Waals surface area (Å²) in [5.74, 6) is -5.35. The largest absolute Gasteiger partial charge is 0.206 e. The molecule has 5 heteroatoms. The molecule has 0 aromatic heterocycles. The van der Waals surface area contributed by atoms with Gasteiger partial charge < -0.3 is 0 Å². The van der Waals surface area contributed by atoms with Gasteiger partial charge in [0.25, 0.3) is 0 Å². The summed E-state index contributed by atoms with van der Waals surface area (Å²) in [7, 11) is 0. The van der Waals surface area contributed by atoms with E-state index in [4.69, 9.17) is 0 Å². The number of rotatable bonds is 0. The van der Waals surface area contributed by atoms with Crippen molar-refractivity contribution in [2.45, 2.75) is 0 Å². The molecule has 0 aliphatic heterocycles. The van der Waals surface area contributed by atoms with E-state index in [9.17, 15) is 17.6 Å². The summed E-state index contributed by atoms with van der Waals surface area (Å²) in [5.41, 5.74) is 0. The Morgan fingerprint density at radius 3 is 2.13 bits per heavy atom. The van der Waals surface area contributed by atoms with Gasteiger partial charge in [-0.3, -0.25) is 0 Å². The average Bonchev–Trinajstić information content (AvgIpc) is 2.13. The SMILES string of the molecule is Fc1cc2cc(I)cc(F)c2c(F)c1F. The van der Waals surface area contributed by atoms with Gasteiger partial charge in [-0.1, -0.05) is 0 Å². The van der Waals surface area contributed by atoms with E-state index >= 15 is 0 Å². The summed E-state index contributed by atoms with van der Waals surface area (Å²) in [5, 5.41) is -0.509. The first-order chi connectivity index (χ1) is 7.00. The van der Waals surface area contributed by atoms with Gasteiger partial charge in [0, 0.05) is 3.57 Å². The van der Waals surface area contributed by atoms with Gasteiger partial charge in [0.1, 0.15) is 5.82 Å². The Bertz CT molecular complexity index is 551. The molecule has 0 spiro atoms. The number of hydrogen-bond acceptors (Lipinski definition) is 0. The molecule has 78 valence electrons. The Morgan fingerprint density at radius 2 is 1.47 bits per heavy atom. The minimum absolute atomic E-state index is 0.0100. The third-order valence-corrected chi connectivity index (χ3v) is 2.61. The van der Waals surface area contributed by atoms with Crippen LogP contribution in [0.4, 0.5) is 17.6 Å². The molecule has 0 nitrogen and oxygen atoms in total. The summed E-state index contributed by atoms with van der Waals surface area (Å²) in [4.78, 5) is 0. The van der Waals surface area contributed by atoms with E-state index in [0.717, 1.165) is 12.1 Å². The molecule has 0 fully saturated rings. The molecule has 2 aromatic rings. The number of benzene rings is 2. The molecule has 0 unspecified atom stereocenters. The van der Waals surface area contributed by atoms with Gasteiger partial charge in [0.05, 0.1) is 5.39 Å². The van der Waals surface area contributed by atoms with E-state index < -0.39 is 28.7 Å². The second-order valence-electron chi connectivity index (χ2n) is 2.97. The highest BCUT2D eigenvalue weighted by Gasteiger charge is 2.16. The summed E-state index contributed by atoms with van der Waals surface area (Å²) >= 11 is 1.81. The van der Waals surface area contributed by atoms with E-state index in [0.29, 0.717) is 3.57 Å². The normalized spacial score (nSPS) is 11.0. The van der Waals surface area contributed by atoms with Crippen LogP contribution < -0.4 is 0 Å². The monoisotopic (exact) mass is 326 g/mol. The van der Waals surface area contributed by atoms with Gasteiger partial charge in [0.15, 0.2) is 17.5 Å². The maximum absolute atomic E-state index is 13.3. The van der Waals surface area contributed by atoms with Crippen LogP contribution in [0.25, 0.3) is 10.8 Å². The lowest BCUT2D eigenvalue weighted by molar-refractivity contribution is 0.451. The van der Waals surface area contributed by atoms with Crippen LogP contribution in [0.5, 0.6) is 0 Å². The number of hydrogen-bond donors (Lipinski definition) is 0. The van der Waals surface area contributed by atoms with Crippen LogP contribution in [0.2, 0.25) is 0 Å². The summed E-state index contributed by atoms with van der Waals surface area (Å²) in [6.45, 7) is 0. The van der Waals surface area contributed by atoms with Crippen molar-refractivity contribution in [2.75, 3.05) is 0 Å². The van der Waals surface area contributed by atoms with Crippen LogP contribution in [-0.4, -0.2) is 0 Å². The van der Waals surface area contributed by atoms with E-state index in [-0.39, 0.29) is 5.39 Å². The zero-order valence-corrected chi connectivity index (χ0v) is 9.28. The third kappa shape index (κ3) is 1.68. The highest BCUT2D eigenvalue weighted by molar-refractivity contribution is 14.1. The molecule has 2 aromatic carbocycles. The fourth-order valence-corrected chi connectivity index (χ4v) is 1.96. The van der Waals surface area contributed by atoms with Crippen molar-refractivity contribution in [3.05, 3.63) is 45.0 Å².